The number of alkyl halides is 2. The molecule has 0 atom stereocenters. The van der Waals surface area contributed by atoms with Crippen LogP contribution in [-0.2, 0) is 0 Å². The fourth-order valence-electron chi connectivity index (χ4n) is 4.15. The molecule has 2 N–H and O–H groups in total. The normalized spacial score (nSPS) is 11.2. The zero-order valence-corrected chi connectivity index (χ0v) is 19.4. The van der Waals surface area contributed by atoms with Crippen LogP contribution in [0.1, 0.15) is 11.1 Å². The highest BCUT2D eigenvalue weighted by molar-refractivity contribution is 6.18. The second-order valence-corrected chi connectivity index (χ2v) is 8.37. The Morgan fingerprint density at radius 2 is 1.09 bits per heavy atom. The number of hydrogen-bond donors (Lipinski definition) is 2. The lowest BCUT2D eigenvalue weighted by atomic mass is 9.93. The predicted octanol–water partition coefficient (Wildman–Crippen LogP) is 6.92. The molecule has 0 amide bonds. The van der Waals surface area contributed by atoms with Crippen molar-refractivity contribution in [3.8, 4) is 34.1 Å². The first kappa shape index (κ1) is 22.4. The Bertz CT molecular complexity index is 1200. The first-order valence-electron chi connectivity index (χ1n) is 10.4. The van der Waals surface area contributed by atoms with Gasteiger partial charge < -0.3 is 19.7 Å². The molecular formula is C26H24Cl2O4. The highest BCUT2D eigenvalue weighted by Crippen LogP contribution is 2.49. The summed E-state index contributed by atoms with van der Waals surface area (Å²) >= 11 is 11.7. The van der Waals surface area contributed by atoms with E-state index in [1.807, 2.05) is 50.2 Å². The van der Waals surface area contributed by atoms with Crippen LogP contribution in [0.25, 0.3) is 32.7 Å². The number of aryl methyl sites for hydroxylation is 2. The second-order valence-electron chi connectivity index (χ2n) is 7.61. The number of hydrogen-bond acceptors (Lipinski definition) is 4. The SMILES string of the molecule is Cc1cccc2c(O)c(-c3cc(OCCCl)c4c(C)cccc4c3O)cc(OCCCl)c12. The number of benzene rings is 4. The van der Waals surface area contributed by atoms with E-state index in [2.05, 4.69) is 0 Å². The third kappa shape index (κ3) is 3.89. The smallest absolute Gasteiger partial charge is 0.131 e. The molecule has 4 rings (SSSR count). The van der Waals surface area contributed by atoms with E-state index in [4.69, 9.17) is 32.7 Å². The standard InChI is InChI=1S/C26H24Cl2O4/c1-15-5-3-7-17-23(15)21(31-11-9-27)13-19(25(17)29)20-14-22(32-12-10-28)24-16(2)6-4-8-18(24)26(20)30/h3-8,13-14,29-30H,9-12H2,1-2H3. The Kier molecular flexibility index (Phi) is 6.54. The fraction of sp³-hybridized carbons (Fsp3) is 0.231. The maximum absolute atomic E-state index is 11.2. The molecule has 0 bridgehead atoms. The van der Waals surface area contributed by atoms with Crippen molar-refractivity contribution in [2.45, 2.75) is 13.8 Å². The van der Waals surface area contributed by atoms with E-state index in [0.29, 0.717) is 58.4 Å². The van der Waals surface area contributed by atoms with Crippen LogP contribution in [0.2, 0.25) is 0 Å². The number of fused-ring (bicyclic) bond motifs is 2. The van der Waals surface area contributed by atoms with Crippen LogP contribution in [-0.4, -0.2) is 35.2 Å². The summed E-state index contributed by atoms with van der Waals surface area (Å²) in [5, 5.41) is 25.4. The van der Waals surface area contributed by atoms with Gasteiger partial charge in [0, 0.05) is 32.7 Å². The zero-order chi connectivity index (χ0) is 22.8. The first-order chi connectivity index (χ1) is 15.5. The molecule has 0 aliphatic rings. The Labute approximate surface area is 196 Å². The van der Waals surface area contributed by atoms with E-state index < -0.39 is 0 Å². The molecule has 166 valence electrons. The maximum atomic E-state index is 11.2. The van der Waals surface area contributed by atoms with Crippen LogP contribution in [0.4, 0.5) is 0 Å². The lowest BCUT2D eigenvalue weighted by Gasteiger charge is -2.19. The second kappa shape index (κ2) is 9.35. The maximum Gasteiger partial charge on any atom is 0.131 e. The quantitative estimate of drug-likeness (QED) is 0.287. The Morgan fingerprint density at radius 3 is 1.47 bits per heavy atom. The van der Waals surface area contributed by atoms with E-state index in [-0.39, 0.29) is 11.5 Å². The number of aromatic hydroxyl groups is 2. The molecule has 0 radical (unpaired) electrons. The van der Waals surface area contributed by atoms with Crippen molar-refractivity contribution in [2.75, 3.05) is 25.0 Å². The summed E-state index contributed by atoms with van der Waals surface area (Å²) < 4.78 is 11.9. The highest BCUT2D eigenvalue weighted by atomic mass is 35.5. The predicted molar refractivity (Wildman–Crippen MR) is 132 cm³/mol. The van der Waals surface area contributed by atoms with Crippen molar-refractivity contribution in [1.82, 2.24) is 0 Å². The summed E-state index contributed by atoms with van der Waals surface area (Å²) in [6.45, 7) is 4.57. The molecule has 0 unspecified atom stereocenters. The molecule has 4 aromatic rings. The molecule has 0 aliphatic carbocycles. The van der Waals surface area contributed by atoms with Crippen molar-refractivity contribution in [2.24, 2.45) is 0 Å². The summed E-state index contributed by atoms with van der Waals surface area (Å²) in [7, 11) is 0. The number of phenols is 2. The Balaban J connectivity index is 2.05. The number of phenolic OH excluding ortho intramolecular Hbond substituents is 2. The largest absolute Gasteiger partial charge is 0.507 e. The van der Waals surface area contributed by atoms with Gasteiger partial charge in [0.15, 0.2) is 0 Å². The molecule has 0 saturated carbocycles. The van der Waals surface area contributed by atoms with Crippen LogP contribution in [0, 0.1) is 13.8 Å². The molecule has 0 saturated heterocycles. The van der Waals surface area contributed by atoms with E-state index >= 15 is 0 Å². The van der Waals surface area contributed by atoms with Crippen molar-refractivity contribution in [3.05, 3.63) is 59.7 Å². The Morgan fingerprint density at radius 1 is 0.688 bits per heavy atom. The average molecular weight is 471 g/mol. The molecule has 4 aromatic carbocycles. The molecule has 0 aromatic heterocycles. The monoisotopic (exact) mass is 470 g/mol. The average Bonchev–Trinajstić information content (AvgIpc) is 2.79. The van der Waals surface area contributed by atoms with Crippen LogP contribution in [0.15, 0.2) is 48.5 Å². The molecule has 4 nitrogen and oxygen atoms in total. The van der Waals surface area contributed by atoms with Crippen molar-refractivity contribution in [3.63, 3.8) is 0 Å². The van der Waals surface area contributed by atoms with Gasteiger partial charge in [0.05, 0.1) is 11.8 Å². The third-order valence-electron chi connectivity index (χ3n) is 5.57. The Hall–Kier alpha value is -2.82. The number of halogens is 2. The van der Waals surface area contributed by atoms with Gasteiger partial charge in [-0.2, -0.15) is 0 Å². The van der Waals surface area contributed by atoms with Gasteiger partial charge in [-0.3, -0.25) is 0 Å². The van der Waals surface area contributed by atoms with Gasteiger partial charge in [-0.15, -0.1) is 23.2 Å². The molecule has 0 spiro atoms. The van der Waals surface area contributed by atoms with E-state index in [1.165, 1.54) is 0 Å². The molecule has 6 heteroatoms. The van der Waals surface area contributed by atoms with Crippen molar-refractivity contribution >= 4 is 44.7 Å². The van der Waals surface area contributed by atoms with Gasteiger partial charge in [0.2, 0.25) is 0 Å². The molecular weight excluding hydrogens is 447 g/mol. The number of ether oxygens (including phenoxy) is 2. The third-order valence-corrected chi connectivity index (χ3v) is 5.88. The summed E-state index contributed by atoms with van der Waals surface area (Å²) in [5.41, 5.74) is 2.84. The topological polar surface area (TPSA) is 58.9 Å². The lowest BCUT2D eigenvalue weighted by Crippen LogP contribution is -2.01. The van der Waals surface area contributed by atoms with E-state index in [0.717, 1.165) is 21.9 Å². The van der Waals surface area contributed by atoms with Crippen molar-refractivity contribution in [1.29, 1.82) is 0 Å². The van der Waals surface area contributed by atoms with Crippen LogP contribution < -0.4 is 9.47 Å². The molecule has 0 fully saturated rings. The zero-order valence-electron chi connectivity index (χ0n) is 17.9. The minimum Gasteiger partial charge on any atom is -0.507 e. The minimum absolute atomic E-state index is 0.0625. The summed E-state index contributed by atoms with van der Waals surface area (Å²) in [5.74, 6) is 1.98. The molecule has 0 aliphatic heterocycles. The summed E-state index contributed by atoms with van der Waals surface area (Å²) in [4.78, 5) is 0. The van der Waals surface area contributed by atoms with Gasteiger partial charge in [-0.1, -0.05) is 36.4 Å². The van der Waals surface area contributed by atoms with Gasteiger partial charge in [-0.25, -0.2) is 0 Å². The fourth-order valence-corrected chi connectivity index (χ4v) is 4.31. The van der Waals surface area contributed by atoms with Crippen molar-refractivity contribution < 1.29 is 19.7 Å². The summed E-state index contributed by atoms with van der Waals surface area (Å²) in [6, 6.07) is 14.9. The van der Waals surface area contributed by atoms with E-state index in [1.54, 1.807) is 12.1 Å². The van der Waals surface area contributed by atoms with Crippen LogP contribution in [0.3, 0.4) is 0 Å². The first-order valence-corrected chi connectivity index (χ1v) is 11.4. The summed E-state index contributed by atoms with van der Waals surface area (Å²) in [6.07, 6.45) is 0. The van der Waals surface area contributed by atoms with E-state index in [9.17, 15) is 10.2 Å². The highest BCUT2D eigenvalue weighted by Gasteiger charge is 2.21. The van der Waals surface area contributed by atoms with Gasteiger partial charge >= 0.3 is 0 Å². The molecule has 0 heterocycles. The molecule has 32 heavy (non-hydrogen) atoms. The lowest BCUT2D eigenvalue weighted by molar-refractivity contribution is 0.345. The van der Waals surface area contributed by atoms with Crippen LogP contribution in [0.5, 0.6) is 23.0 Å². The van der Waals surface area contributed by atoms with Gasteiger partial charge in [0.1, 0.15) is 36.2 Å². The van der Waals surface area contributed by atoms with Crippen LogP contribution >= 0.6 is 23.2 Å². The van der Waals surface area contributed by atoms with Gasteiger partial charge in [0.25, 0.3) is 0 Å². The van der Waals surface area contributed by atoms with Gasteiger partial charge in [-0.05, 0) is 37.1 Å². The minimum atomic E-state index is 0.0625. The number of rotatable bonds is 7.